The molecule has 0 atom stereocenters. The average Bonchev–Trinajstić information content (AvgIpc) is 3.32. The summed E-state index contributed by atoms with van der Waals surface area (Å²) >= 11 is 3.45. The minimum atomic E-state index is 0.0791. The van der Waals surface area contributed by atoms with E-state index in [1.807, 2.05) is 12.1 Å². The van der Waals surface area contributed by atoms with Crippen molar-refractivity contribution in [1.82, 2.24) is 4.90 Å². The topological polar surface area (TPSA) is 44.7 Å². The van der Waals surface area contributed by atoms with Crippen LogP contribution in [0, 0.1) is 0 Å². The second kappa shape index (κ2) is 8.10. The second-order valence-electron chi connectivity index (χ2n) is 6.35. The summed E-state index contributed by atoms with van der Waals surface area (Å²) in [5.41, 5.74) is 3.23. The van der Waals surface area contributed by atoms with Crippen molar-refractivity contribution in [2.24, 2.45) is 4.99 Å². The number of amides is 1. The first kappa shape index (κ1) is 17.4. The number of hydrogen-bond acceptors (Lipinski definition) is 5. The number of thiophene rings is 1. The van der Waals surface area contributed by atoms with Crippen molar-refractivity contribution in [2.45, 2.75) is 25.7 Å². The number of carbonyl (C=O) groups excluding carboxylic acids is 1. The van der Waals surface area contributed by atoms with Crippen LogP contribution in [-0.4, -0.2) is 29.1 Å². The lowest BCUT2D eigenvalue weighted by Gasteiger charge is -2.25. The van der Waals surface area contributed by atoms with Crippen LogP contribution in [0.3, 0.4) is 0 Å². The number of nitrogens with zero attached hydrogens (tertiary/aromatic N) is 2. The van der Waals surface area contributed by atoms with Gasteiger partial charge in [0.05, 0.1) is 5.70 Å². The van der Waals surface area contributed by atoms with Crippen LogP contribution >= 0.6 is 23.1 Å². The number of thioether (sulfide) groups is 1. The quantitative estimate of drug-likeness (QED) is 0.778. The van der Waals surface area contributed by atoms with Gasteiger partial charge in [0, 0.05) is 35.5 Å². The number of rotatable bonds is 6. The molecule has 6 heteroatoms. The first-order chi connectivity index (χ1) is 12.8. The summed E-state index contributed by atoms with van der Waals surface area (Å²) in [6, 6.07) is 12.3. The van der Waals surface area contributed by atoms with Crippen molar-refractivity contribution in [3.63, 3.8) is 0 Å². The molecule has 0 saturated carbocycles. The zero-order valence-corrected chi connectivity index (χ0v) is 16.1. The number of hydrogen-bond donors (Lipinski definition) is 1. The lowest BCUT2D eigenvalue weighted by atomic mass is 10.1. The van der Waals surface area contributed by atoms with Gasteiger partial charge in [0.15, 0.2) is 5.17 Å². The van der Waals surface area contributed by atoms with Crippen LogP contribution in [0.15, 0.2) is 52.2 Å². The third kappa shape index (κ3) is 4.02. The Balaban J connectivity index is 1.31. The van der Waals surface area contributed by atoms with Crippen molar-refractivity contribution in [3.05, 3.63) is 57.6 Å². The molecule has 0 bridgehead atoms. The van der Waals surface area contributed by atoms with Crippen molar-refractivity contribution in [3.8, 4) is 0 Å². The molecule has 1 amide bonds. The van der Waals surface area contributed by atoms with E-state index >= 15 is 0 Å². The molecular formula is C20H21N3OS2. The molecule has 0 fully saturated rings. The molecule has 0 aliphatic carbocycles. The fourth-order valence-corrected chi connectivity index (χ4v) is 4.85. The highest BCUT2D eigenvalue weighted by Crippen LogP contribution is 2.35. The van der Waals surface area contributed by atoms with E-state index in [4.69, 9.17) is 0 Å². The Morgan fingerprint density at radius 3 is 2.92 bits per heavy atom. The van der Waals surface area contributed by atoms with Gasteiger partial charge in [0.25, 0.3) is 0 Å². The standard InChI is InChI=1S/C20H21N3OS2/c24-19(6-1-4-17-5-2-13-25-17)22-16-9-7-15(8-10-16)18-14-26-20-21-11-3-12-23(18)20/h2,5,7-10,13-14H,1,3-4,6,11-12H2,(H,22,24). The van der Waals surface area contributed by atoms with E-state index in [2.05, 4.69) is 50.3 Å². The molecule has 134 valence electrons. The Hall–Kier alpha value is -2.05. The molecule has 2 aliphatic heterocycles. The Kier molecular flexibility index (Phi) is 5.41. The number of aliphatic imine (C=N–C) groups is 1. The molecule has 1 aromatic heterocycles. The SMILES string of the molecule is O=C(CCCc1cccs1)Nc1ccc(C2=CSC3=NCCCN23)cc1. The monoisotopic (exact) mass is 383 g/mol. The number of carbonyl (C=O) groups is 1. The molecule has 0 saturated heterocycles. The summed E-state index contributed by atoms with van der Waals surface area (Å²) in [6.07, 6.45) is 3.50. The third-order valence-electron chi connectivity index (χ3n) is 4.46. The maximum absolute atomic E-state index is 12.1. The Labute approximate surface area is 162 Å². The Morgan fingerprint density at radius 2 is 2.12 bits per heavy atom. The first-order valence-electron chi connectivity index (χ1n) is 8.91. The molecule has 4 rings (SSSR count). The van der Waals surface area contributed by atoms with Gasteiger partial charge in [-0.15, -0.1) is 11.3 Å². The molecule has 1 N–H and O–H groups in total. The highest BCUT2D eigenvalue weighted by molar-refractivity contribution is 8.16. The summed E-state index contributed by atoms with van der Waals surface area (Å²) < 4.78 is 0. The van der Waals surface area contributed by atoms with Crippen LogP contribution in [-0.2, 0) is 11.2 Å². The van der Waals surface area contributed by atoms with E-state index in [1.165, 1.54) is 16.1 Å². The normalized spacial score (nSPS) is 16.1. The summed E-state index contributed by atoms with van der Waals surface area (Å²) in [7, 11) is 0. The van der Waals surface area contributed by atoms with E-state index in [0.29, 0.717) is 6.42 Å². The molecular weight excluding hydrogens is 362 g/mol. The summed E-state index contributed by atoms with van der Waals surface area (Å²) in [4.78, 5) is 20.3. The predicted octanol–water partition coefficient (Wildman–Crippen LogP) is 4.82. The lowest BCUT2D eigenvalue weighted by molar-refractivity contribution is -0.116. The van der Waals surface area contributed by atoms with Crippen LogP contribution < -0.4 is 5.32 Å². The van der Waals surface area contributed by atoms with E-state index < -0.39 is 0 Å². The summed E-state index contributed by atoms with van der Waals surface area (Å²) in [6.45, 7) is 1.96. The highest BCUT2D eigenvalue weighted by Gasteiger charge is 2.25. The second-order valence-corrected chi connectivity index (χ2v) is 8.22. The van der Waals surface area contributed by atoms with Gasteiger partial charge in [-0.2, -0.15) is 0 Å². The smallest absolute Gasteiger partial charge is 0.224 e. The number of aryl methyl sites for hydroxylation is 1. The molecule has 2 aromatic rings. The zero-order valence-electron chi connectivity index (χ0n) is 14.5. The number of nitrogens with one attached hydrogen (secondary N) is 1. The largest absolute Gasteiger partial charge is 0.326 e. The minimum absolute atomic E-state index is 0.0791. The zero-order chi connectivity index (χ0) is 17.8. The fourth-order valence-electron chi connectivity index (χ4n) is 3.13. The van der Waals surface area contributed by atoms with Gasteiger partial charge in [0.1, 0.15) is 0 Å². The van der Waals surface area contributed by atoms with Gasteiger partial charge in [-0.3, -0.25) is 9.79 Å². The van der Waals surface area contributed by atoms with Crippen molar-refractivity contribution in [2.75, 3.05) is 18.4 Å². The van der Waals surface area contributed by atoms with Gasteiger partial charge >= 0.3 is 0 Å². The molecule has 0 radical (unpaired) electrons. The molecule has 3 heterocycles. The van der Waals surface area contributed by atoms with Gasteiger partial charge in [0.2, 0.25) is 5.91 Å². The average molecular weight is 384 g/mol. The van der Waals surface area contributed by atoms with Crippen molar-refractivity contribution < 1.29 is 4.79 Å². The van der Waals surface area contributed by atoms with Crippen LogP contribution in [0.4, 0.5) is 5.69 Å². The van der Waals surface area contributed by atoms with Crippen molar-refractivity contribution >= 4 is 45.6 Å². The molecule has 1 aromatic carbocycles. The molecule has 0 spiro atoms. The molecule has 0 unspecified atom stereocenters. The predicted molar refractivity (Wildman–Crippen MR) is 112 cm³/mol. The maximum atomic E-state index is 12.1. The van der Waals surface area contributed by atoms with Gasteiger partial charge < -0.3 is 10.2 Å². The number of benzene rings is 1. The van der Waals surface area contributed by atoms with Gasteiger partial charge in [-0.1, -0.05) is 30.0 Å². The van der Waals surface area contributed by atoms with Crippen LogP contribution in [0.2, 0.25) is 0 Å². The van der Waals surface area contributed by atoms with Crippen molar-refractivity contribution in [1.29, 1.82) is 0 Å². The van der Waals surface area contributed by atoms with E-state index in [-0.39, 0.29) is 5.91 Å². The summed E-state index contributed by atoms with van der Waals surface area (Å²) in [5.74, 6) is 0.0791. The number of anilines is 1. The van der Waals surface area contributed by atoms with Crippen LogP contribution in [0.25, 0.3) is 5.70 Å². The number of fused-ring (bicyclic) bond motifs is 1. The minimum Gasteiger partial charge on any atom is -0.326 e. The van der Waals surface area contributed by atoms with E-state index in [1.54, 1.807) is 23.1 Å². The Morgan fingerprint density at radius 1 is 1.23 bits per heavy atom. The van der Waals surface area contributed by atoms with Gasteiger partial charge in [-0.05, 0) is 48.4 Å². The van der Waals surface area contributed by atoms with Crippen LogP contribution in [0.1, 0.15) is 29.7 Å². The first-order valence-corrected chi connectivity index (χ1v) is 10.7. The molecule has 2 aliphatic rings. The van der Waals surface area contributed by atoms with Crippen LogP contribution in [0.5, 0.6) is 0 Å². The van der Waals surface area contributed by atoms with E-state index in [9.17, 15) is 4.79 Å². The maximum Gasteiger partial charge on any atom is 0.224 e. The highest BCUT2D eigenvalue weighted by atomic mass is 32.2. The molecule has 26 heavy (non-hydrogen) atoms. The van der Waals surface area contributed by atoms with E-state index in [0.717, 1.165) is 43.2 Å². The Bertz CT molecular complexity index is 825. The number of amidine groups is 1. The fraction of sp³-hybridized carbons (Fsp3) is 0.300. The molecule has 4 nitrogen and oxygen atoms in total. The summed E-state index contributed by atoms with van der Waals surface area (Å²) in [5, 5.41) is 8.35. The lowest BCUT2D eigenvalue weighted by Crippen LogP contribution is -2.28. The third-order valence-corrected chi connectivity index (χ3v) is 6.29. The van der Waals surface area contributed by atoms with Gasteiger partial charge in [-0.25, -0.2) is 0 Å².